The summed E-state index contributed by atoms with van der Waals surface area (Å²) in [5, 5.41) is 3.92. The third-order valence-corrected chi connectivity index (χ3v) is 6.26. The van der Waals surface area contributed by atoms with E-state index in [2.05, 4.69) is 57.7 Å². The summed E-state index contributed by atoms with van der Waals surface area (Å²) < 4.78 is 0. The zero-order valence-electron chi connectivity index (χ0n) is 14.8. The van der Waals surface area contributed by atoms with Crippen LogP contribution in [0.3, 0.4) is 0 Å². The Morgan fingerprint density at radius 3 is 2.80 bits per heavy atom. The van der Waals surface area contributed by atoms with E-state index in [1.54, 1.807) is 0 Å². The number of para-hydroxylation sites is 1. The van der Waals surface area contributed by atoms with E-state index in [4.69, 9.17) is 0 Å². The molecule has 4 aliphatic rings. The van der Waals surface area contributed by atoms with Gasteiger partial charge in [0.05, 0.1) is 0 Å². The molecule has 3 heteroatoms. The molecule has 2 bridgehead atoms. The maximum atomic E-state index is 4.39. The van der Waals surface area contributed by atoms with Crippen LogP contribution in [0.25, 0.3) is 12.2 Å². The van der Waals surface area contributed by atoms with Crippen LogP contribution in [0.15, 0.2) is 36.5 Å². The van der Waals surface area contributed by atoms with Crippen molar-refractivity contribution in [2.75, 3.05) is 25.0 Å². The molecule has 2 atom stereocenters. The Morgan fingerprint density at radius 2 is 2.00 bits per heavy atom. The lowest BCUT2D eigenvalue weighted by Gasteiger charge is -2.29. The van der Waals surface area contributed by atoms with Crippen LogP contribution in [0, 0.1) is 12.8 Å². The number of aromatic nitrogens is 1. The lowest BCUT2D eigenvalue weighted by atomic mass is 9.85. The van der Waals surface area contributed by atoms with E-state index in [0.717, 1.165) is 17.2 Å². The van der Waals surface area contributed by atoms with Crippen LogP contribution >= 0.6 is 0 Å². The van der Waals surface area contributed by atoms with Gasteiger partial charge in [-0.1, -0.05) is 36.4 Å². The molecular formula is C22H25N3. The molecule has 3 fully saturated rings. The lowest BCUT2D eigenvalue weighted by Crippen LogP contribution is -2.33. The van der Waals surface area contributed by atoms with Gasteiger partial charge in [0.15, 0.2) is 0 Å². The molecule has 2 aromatic rings. The molecule has 0 spiro atoms. The number of piperidine rings is 1. The quantitative estimate of drug-likeness (QED) is 0.895. The molecule has 0 radical (unpaired) electrons. The molecule has 128 valence electrons. The summed E-state index contributed by atoms with van der Waals surface area (Å²) in [6.07, 6.45) is 9.05. The molecule has 25 heavy (non-hydrogen) atoms. The number of hydrogen-bond acceptors (Lipinski definition) is 3. The predicted molar refractivity (Wildman–Crippen MR) is 104 cm³/mol. The van der Waals surface area contributed by atoms with Gasteiger partial charge in [-0.05, 0) is 61.5 Å². The molecule has 5 heterocycles. The number of rotatable bonds is 2. The number of pyridine rings is 1. The smallest absolute Gasteiger partial charge is 0.0452 e. The highest BCUT2D eigenvalue weighted by Gasteiger charge is 2.43. The van der Waals surface area contributed by atoms with Crippen LogP contribution in [0.4, 0.5) is 5.69 Å². The van der Waals surface area contributed by atoms with Gasteiger partial charge < -0.3 is 10.2 Å². The largest absolute Gasteiger partial charge is 0.381 e. The van der Waals surface area contributed by atoms with E-state index in [-0.39, 0.29) is 0 Å². The second kappa shape index (κ2) is 5.99. The Kier molecular flexibility index (Phi) is 3.63. The third-order valence-electron chi connectivity index (χ3n) is 6.26. The topological polar surface area (TPSA) is 28.2 Å². The van der Waals surface area contributed by atoms with Crippen LogP contribution < -0.4 is 5.32 Å². The van der Waals surface area contributed by atoms with Gasteiger partial charge in [-0.2, -0.15) is 0 Å². The van der Waals surface area contributed by atoms with Crippen molar-refractivity contribution in [3.8, 4) is 0 Å². The van der Waals surface area contributed by atoms with E-state index < -0.39 is 0 Å². The third kappa shape index (κ3) is 2.67. The monoisotopic (exact) mass is 331 g/mol. The van der Waals surface area contributed by atoms with Crippen molar-refractivity contribution in [3.63, 3.8) is 0 Å². The van der Waals surface area contributed by atoms with Gasteiger partial charge in [0.25, 0.3) is 0 Å². The molecule has 6 rings (SSSR count). The highest BCUT2D eigenvalue weighted by atomic mass is 15.2. The second-order valence-electron chi connectivity index (χ2n) is 7.79. The SMILES string of the molecule is Cc1ccc(C=Cc2cccc3c2N[C@@H]2C4CCN(CC4)C[C@H]32)cn1. The number of aryl methyl sites for hydroxylation is 1. The Morgan fingerprint density at radius 1 is 1.12 bits per heavy atom. The lowest BCUT2D eigenvalue weighted by molar-refractivity contribution is 0.220. The maximum absolute atomic E-state index is 4.39. The molecule has 3 nitrogen and oxygen atoms in total. The Labute approximate surface area is 149 Å². The Balaban J connectivity index is 1.47. The first kappa shape index (κ1) is 15.2. The molecule has 0 aliphatic carbocycles. The van der Waals surface area contributed by atoms with E-state index in [1.165, 1.54) is 49.3 Å². The van der Waals surface area contributed by atoms with Crippen molar-refractivity contribution in [2.45, 2.75) is 31.7 Å². The first-order valence-corrected chi connectivity index (χ1v) is 9.50. The number of benzene rings is 1. The van der Waals surface area contributed by atoms with Crippen molar-refractivity contribution in [1.82, 2.24) is 9.88 Å². The molecule has 4 aliphatic heterocycles. The van der Waals surface area contributed by atoms with Gasteiger partial charge in [0.1, 0.15) is 0 Å². The van der Waals surface area contributed by atoms with Crippen LogP contribution in [-0.2, 0) is 0 Å². The van der Waals surface area contributed by atoms with Gasteiger partial charge in [-0.15, -0.1) is 0 Å². The fourth-order valence-electron chi connectivity index (χ4n) is 4.86. The fourth-order valence-corrected chi connectivity index (χ4v) is 4.86. The zero-order valence-corrected chi connectivity index (χ0v) is 14.8. The average molecular weight is 331 g/mol. The average Bonchev–Trinajstić information content (AvgIpc) is 2.82. The molecule has 0 saturated carbocycles. The molecule has 1 N–H and O–H groups in total. The molecule has 1 aromatic carbocycles. The fraction of sp³-hybridized carbons (Fsp3) is 0.409. The standard InChI is InChI=1S/C22H25N3/c1-15-5-6-16(13-23-15)7-8-17-3-2-4-19-20-14-25-11-9-18(10-12-25)22(20)24-21(17)19/h2-8,13,18,20,22,24H,9-12,14H2,1H3/t20-,22-/m1/s1. The maximum Gasteiger partial charge on any atom is 0.0452 e. The summed E-state index contributed by atoms with van der Waals surface area (Å²) in [6, 6.07) is 11.6. The second-order valence-corrected chi connectivity index (χ2v) is 7.79. The number of nitrogens with one attached hydrogen (secondary N) is 1. The normalized spacial score (nSPS) is 30.0. The highest BCUT2D eigenvalue weighted by Crippen LogP contribution is 2.46. The van der Waals surface area contributed by atoms with Crippen LogP contribution in [0.2, 0.25) is 0 Å². The van der Waals surface area contributed by atoms with Gasteiger partial charge >= 0.3 is 0 Å². The predicted octanol–water partition coefficient (Wildman–Crippen LogP) is 4.16. The minimum atomic E-state index is 0.623. The summed E-state index contributed by atoms with van der Waals surface area (Å²) in [4.78, 5) is 7.05. The van der Waals surface area contributed by atoms with Crippen molar-refractivity contribution in [1.29, 1.82) is 0 Å². The first-order valence-electron chi connectivity index (χ1n) is 9.50. The van der Waals surface area contributed by atoms with Gasteiger partial charge in [0, 0.05) is 36.1 Å². The summed E-state index contributed by atoms with van der Waals surface area (Å²) >= 11 is 0. The number of fused-ring (bicyclic) bond motifs is 3. The Bertz CT molecular complexity index is 801. The van der Waals surface area contributed by atoms with Crippen LogP contribution in [0.1, 0.15) is 41.1 Å². The van der Waals surface area contributed by atoms with Crippen LogP contribution in [-0.4, -0.2) is 35.6 Å². The summed E-state index contributed by atoms with van der Waals surface area (Å²) in [6.45, 7) is 5.81. The van der Waals surface area contributed by atoms with E-state index in [1.807, 2.05) is 13.1 Å². The van der Waals surface area contributed by atoms with Gasteiger partial charge in [-0.25, -0.2) is 0 Å². The summed E-state index contributed by atoms with van der Waals surface area (Å²) in [5.74, 6) is 1.48. The highest BCUT2D eigenvalue weighted by molar-refractivity contribution is 5.80. The molecule has 1 aromatic heterocycles. The molecular weight excluding hydrogens is 306 g/mol. The zero-order chi connectivity index (χ0) is 16.8. The minimum Gasteiger partial charge on any atom is -0.381 e. The minimum absolute atomic E-state index is 0.623. The van der Waals surface area contributed by atoms with E-state index >= 15 is 0 Å². The van der Waals surface area contributed by atoms with E-state index in [9.17, 15) is 0 Å². The van der Waals surface area contributed by atoms with Crippen molar-refractivity contribution in [2.24, 2.45) is 5.92 Å². The summed E-state index contributed by atoms with van der Waals surface area (Å²) in [7, 11) is 0. The van der Waals surface area contributed by atoms with Crippen LogP contribution in [0.5, 0.6) is 0 Å². The van der Waals surface area contributed by atoms with Gasteiger partial charge in [0.2, 0.25) is 0 Å². The Hall–Kier alpha value is -2.13. The number of nitrogens with zero attached hydrogens (tertiary/aromatic N) is 2. The number of anilines is 1. The molecule has 0 unspecified atom stereocenters. The van der Waals surface area contributed by atoms with Crippen molar-refractivity contribution >= 4 is 17.8 Å². The van der Waals surface area contributed by atoms with Crippen molar-refractivity contribution < 1.29 is 0 Å². The number of hydrogen-bond donors (Lipinski definition) is 1. The van der Waals surface area contributed by atoms with Gasteiger partial charge in [-0.3, -0.25) is 4.98 Å². The molecule has 0 amide bonds. The first-order chi connectivity index (χ1) is 12.3. The van der Waals surface area contributed by atoms with E-state index in [0.29, 0.717) is 12.0 Å². The summed E-state index contributed by atoms with van der Waals surface area (Å²) in [5.41, 5.74) is 6.40. The molecule has 3 saturated heterocycles. The van der Waals surface area contributed by atoms with Crippen molar-refractivity contribution in [3.05, 3.63) is 58.9 Å².